The molecular weight excluding hydrogens is 248 g/mol. The molecule has 2 amide bonds. The predicted octanol–water partition coefficient (Wildman–Crippen LogP) is 0.650. The van der Waals surface area contributed by atoms with Gasteiger partial charge in [0.2, 0.25) is 12.3 Å². The summed E-state index contributed by atoms with van der Waals surface area (Å²) in [5.41, 5.74) is -0.540. The van der Waals surface area contributed by atoms with Gasteiger partial charge in [0, 0.05) is 12.5 Å². The van der Waals surface area contributed by atoms with Crippen molar-refractivity contribution in [3.63, 3.8) is 0 Å². The number of aryl methyl sites for hydroxylation is 1. The molecule has 5 nitrogen and oxygen atoms in total. The van der Waals surface area contributed by atoms with Gasteiger partial charge in [0.05, 0.1) is 12.0 Å². The van der Waals surface area contributed by atoms with E-state index in [1.165, 1.54) is 0 Å². The summed E-state index contributed by atoms with van der Waals surface area (Å²) in [6.45, 7) is 0. The molecule has 0 saturated carbocycles. The molecule has 1 aromatic heterocycles. The topological polar surface area (TPSA) is 76.4 Å². The van der Waals surface area contributed by atoms with Gasteiger partial charge in [0.25, 0.3) is 5.91 Å². The predicted molar refractivity (Wildman–Crippen MR) is 55.5 cm³/mol. The monoisotopic (exact) mass is 257 g/mol. The fourth-order valence-corrected chi connectivity index (χ4v) is 1.83. The summed E-state index contributed by atoms with van der Waals surface area (Å²) < 4.78 is 29.1. The first kappa shape index (κ1) is 12.4. The van der Waals surface area contributed by atoms with Gasteiger partial charge in [-0.25, -0.2) is 13.6 Å². The number of alkyl halides is 2. The maximum atomic E-state index is 12.2. The molecular formula is C11H9F2NO4. The second-order valence-electron chi connectivity index (χ2n) is 3.87. The third-order valence-electron chi connectivity index (χ3n) is 2.55. The molecule has 0 spiro atoms. The summed E-state index contributed by atoms with van der Waals surface area (Å²) in [5, 5.41) is 2.06. The number of fused-ring (bicyclic) bond motifs is 1. The number of carbonyl (C=O) groups is 2. The maximum Gasteiger partial charge on any atom is 0.336 e. The molecule has 7 heteroatoms. The third-order valence-corrected chi connectivity index (χ3v) is 2.55. The minimum Gasteiger partial charge on any atom is -0.426 e. The van der Waals surface area contributed by atoms with Crippen LogP contribution in [0.3, 0.4) is 0 Å². The Morgan fingerprint density at radius 2 is 2.06 bits per heavy atom. The van der Waals surface area contributed by atoms with Crippen molar-refractivity contribution in [3.8, 4) is 0 Å². The van der Waals surface area contributed by atoms with Crippen LogP contribution in [0.15, 0.2) is 15.3 Å². The van der Waals surface area contributed by atoms with Crippen molar-refractivity contribution >= 4 is 11.8 Å². The summed E-state index contributed by atoms with van der Waals surface area (Å²) in [6.07, 6.45) is -3.34. The maximum absolute atomic E-state index is 12.2. The molecule has 96 valence electrons. The van der Waals surface area contributed by atoms with Gasteiger partial charge in [-0.2, -0.15) is 0 Å². The zero-order chi connectivity index (χ0) is 13.3. The number of nitrogens with one attached hydrogen (secondary N) is 1. The lowest BCUT2D eigenvalue weighted by Crippen LogP contribution is -2.38. The molecule has 0 atom stereocenters. The average molecular weight is 257 g/mol. The van der Waals surface area contributed by atoms with Crippen LogP contribution in [-0.2, 0) is 17.6 Å². The number of hydrogen-bond donors (Lipinski definition) is 1. The Hall–Kier alpha value is -2.05. The molecule has 1 aliphatic rings. The summed E-state index contributed by atoms with van der Waals surface area (Å²) >= 11 is 0. The average Bonchev–Trinajstić information content (AvgIpc) is 2.24. The highest BCUT2D eigenvalue weighted by atomic mass is 19.3. The van der Waals surface area contributed by atoms with E-state index in [0.717, 1.165) is 6.07 Å². The Morgan fingerprint density at radius 3 is 2.72 bits per heavy atom. The van der Waals surface area contributed by atoms with Crippen LogP contribution in [0.25, 0.3) is 0 Å². The van der Waals surface area contributed by atoms with Crippen LogP contribution in [-0.4, -0.2) is 18.2 Å². The minimum atomic E-state index is -2.53. The highest BCUT2D eigenvalue weighted by Gasteiger charge is 2.28. The van der Waals surface area contributed by atoms with Crippen molar-refractivity contribution < 1.29 is 22.8 Å². The zero-order valence-corrected chi connectivity index (χ0v) is 9.16. The summed E-state index contributed by atoms with van der Waals surface area (Å²) in [4.78, 5) is 33.9. The molecule has 0 aliphatic carbocycles. The number of rotatable bonds is 3. The quantitative estimate of drug-likeness (QED) is 0.806. The first-order chi connectivity index (χ1) is 8.47. The van der Waals surface area contributed by atoms with E-state index in [9.17, 15) is 23.2 Å². The van der Waals surface area contributed by atoms with Crippen molar-refractivity contribution in [2.45, 2.75) is 25.7 Å². The summed E-state index contributed by atoms with van der Waals surface area (Å²) in [7, 11) is 0. The van der Waals surface area contributed by atoms with Crippen LogP contribution in [0.2, 0.25) is 0 Å². The Labute approximate surface area is 99.8 Å². The van der Waals surface area contributed by atoms with Crippen LogP contribution in [0, 0.1) is 0 Å². The van der Waals surface area contributed by atoms with E-state index in [1.807, 2.05) is 0 Å². The van der Waals surface area contributed by atoms with E-state index >= 15 is 0 Å². The SMILES string of the molecule is O=C1Cc2oc(=O)cc(CCC(F)F)c2C(=O)N1. The standard InChI is InChI=1S/C11H9F2NO4/c12-7(13)2-1-5-3-9(16)18-6-4-8(15)14-11(17)10(5)6/h3,7H,1-2,4H2,(H,14,15,17). The molecule has 0 unspecified atom stereocenters. The lowest BCUT2D eigenvalue weighted by Gasteiger charge is -2.16. The van der Waals surface area contributed by atoms with E-state index in [4.69, 9.17) is 4.42 Å². The van der Waals surface area contributed by atoms with Crippen LogP contribution in [0.4, 0.5) is 8.78 Å². The number of amides is 2. The first-order valence-electron chi connectivity index (χ1n) is 5.25. The second kappa shape index (κ2) is 4.67. The Kier molecular flexibility index (Phi) is 3.22. The number of hydrogen-bond acceptors (Lipinski definition) is 4. The lowest BCUT2D eigenvalue weighted by molar-refractivity contribution is -0.120. The number of halogens is 2. The molecule has 18 heavy (non-hydrogen) atoms. The van der Waals surface area contributed by atoms with Crippen molar-refractivity contribution in [1.29, 1.82) is 0 Å². The van der Waals surface area contributed by atoms with Gasteiger partial charge in [-0.1, -0.05) is 0 Å². The lowest BCUT2D eigenvalue weighted by atomic mass is 9.98. The molecule has 0 radical (unpaired) electrons. The van der Waals surface area contributed by atoms with Crippen molar-refractivity contribution in [3.05, 3.63) is 33.4 Å². The third kappa shape index (κ3) is 2.44. The molecule has 1 N–H and O–H groups in total. The highest BCUT2D eigenvalue weighted by molar-refractivity contribution is 6.09. The molecule has 0 saturated heterocycles. The normalized spacial score (nSPS) is 14.6. The van der Waals surface area contributed by atoms with Crippen molar-refractivity contribution in [1.82, 2.24) is 5.32 Å². The summed E-state index contributed by atoms with van der Waals surface area (Å²) in [6, 6.07) is 1.01. The zero-order valence-electron chi connectivity index (χ0n) is 9.16. The van der Waals surface area contributed by atoms with Crippen LogP contribution in [0.1, 0.15) is 28.1 Å². The van der Waals surface area contributed by atoms with Gasteiger partial charge in [-0.15, -0.1) is 0 Å². The summed E-state index contributed by atoms with van der Waals surface area (Å²) in [5.74, 6) is -1.35. The van der Waals surface area contributed by atoms with Gasteiger partial charge in [-0.3, -0.25) is 14.9 Å². The first-order valence-corrected chi connectivity index (χ1v) is 5.25. The van der Waals surface area contributed by atoms with Gasteiger partial charge < -0.3 is 4.42 Å². The second-order valence-corrected chi connectivity index (χ2v) is 3.87. The molecule has 1 aromatic rings. The van der Waals surface area contributed by atoms with Crippen LogP contribution < -0.4 is 10.9 Å². The van der Waals surface area contributed by atoms with E-state index in [0.29, 0.717) is 0 Å². The Morgan fingerprint density at radius 1 is 1.33 bits per heavy atom. The van der Waals surface area contributed by atoms with Gasteiger partial charge in [-0.05, 0) is 12.0 Å². The fraction of sp³-hybridized carbons (Fsp3) is 0.364. The van der Waals surface area contributed by atoms with Crippen LogP contribution >= 0.6 is 0 Å². The Balaban J connectivity index is 2.44. The largest absolute Gasteiger partial charge is 0.426 e. The number of carbonyl (C=O) groups excluding carboxylic acids is 2. The highest BCUT2D eigenvalue weighted by Crippen LogP contribution is 2.19. The van der Waals surface area contributed by atoms with E-state index in [1.54, 1.807) is 0 Å². The van der Waals surface area contributed by atoms with Gasteiger partial charge >= 0.3 is 5.63 Å². The molecule has 0 fully saturated rings. The molecule has 2 rings (SSSR count). The molecule has 0 aromatic carbocycles. The minimum absolute atomic E-state index is 0.0230. The van der Waals surface area contributed by atoms with E-state index < -0.39 is 30.3 Å². The molecule has 0 bridgehead atoms. The molecule has 2 heterocycles. The van der Waals surface area contributed by atoms with E-state index in [-0.39, 0.29) is 29.7 Å². The van der Waals surface area contributed by atoms with Crippen LogP contribution in [0.5, 0.6) is 0 Å². The van der Waals surface area contributed by atoms with Crippen molar-refractivity contribution in [2.75, 3.05) is 0 Å². The van der Waals surface area contributed by atoms with Gasteiger partial charge in [0.15, 0.2) is 0 Å². The Bertz CT molecular complexity index is 565. The smallest absolute Gasteiger partial charge is 0.336 e. The number of imide groups is 1. The van der Waals surface area contributed by atoms with Crippen molar-refractivity contribution in [2.24, 2.45) is 0 Å². The molecule has 1 aliphatic heterocycles. The fourth-order valence-electron chi connectivity index (χ4n) is 1.83. The van der Waals surface area contributed by atoms with E-state index in [2.05, 4.69) is 5.32 Å². The van der Waals surface area contributed by atoms with Gasteiger partial charge in [0.1, 0.15) is 5.76 Å².